The molecule has 1 aliphatic heterocycles. The van der Waals surface area contributed by atoms with Gasteiger partial charge in [-0.1, -0.05) is 60.7 Å². The number of carbonyl (C=O) groups excluding carboxylic acids is 1. The molecule has 0 saturated carbocycles. The van der Waals surface area contributed by atoms with E-state index in [2.05, 4.69) is 0 Å². The second kappa shape index (κ2) is 7.18. The first kappa shape index (κ1) is 20.3. The lowest BCUT2D eigenvalue weighted by Gasteiger charge is -2.54. The monoisotopic (exact) mass is 408 g/mol. The van der Waals surface area contributed by atoms with Crippen LogP contribution < -0.4 is 0 Å². The Morgan fingerprint density at radius 3 is 2.04 bits per heavy atom. The normalized spacial score (nSPS) is 25.7. The smallest absolute Gasteiger partial charge is 0.363 e. The number of thiocarbonyl (C=S) groups is 1. The Bertz CT molecular complexity index is 876. The highest BCUT2D eigenvalue weighted by atomic mass is 32.1. The van der Waals surface area contributed by atoms with Crippen molar-refractivity contribution in [2.75, 3.05) is 14.1 Å². The van der Waals surface area contributed by atoms with Crippen LogP contribution in [0.1, 0.15) is 22.0 Å². The average molecular weight is 408 g/mol. The van der Waals surface area contributed by atoms with E-state index >= 15 is 0 Å². The Kier molecular flexibility index (Phi) is 5.20. The Morgan fingerprint density at radius 2 is 1.54 bits per heavy atom. The molecule has 3 rings (SSSR count). The van der Waals surface area contributed by atoms with Gasteiger partial charge in [-0.05, 0) is 17.8 Å². The molecule has 1 heterocycles. The molecule has 0 aliphatic carbocycles. The molecule has 0 aromatic heterocycles. The molecular weight excluding hydrogens is 389 g/mol. The second-order valence-electron chi connectivity index (χ2n) is 6.74. The molecule has 2 aromatic rings. The molecule has 148 valence electrons. The highest BCUT2D eigenvalue weighted by Gasteiger charge is 2.69. The van der Waals surface area contributed by atoms with Crippen LogP contribution in [0.3, 0.4) is 0 Å². The molecule has 4 nitrogen and oxygen atoms in total. The molecule has 2 aromatic carbocycles. The Labute approximate surface area is 166 Å². The van der Waals surface area contributed by atoms with E-state index in [9.17, 15) is 23.1 Å². The van der Waals surface area contributed by atoms with E-state index in [4.69, 9.17) is 12.2 Å². The van der Waals surface area contributed by atoms with Crippen LogP contribution in [0.4, 0.5) is 13.2 Å². The molecule has 1 N–H and O–H groups in total. The van der Waals surface area contributed by atoms with Gasteiger partial charge in [-0.25, -0.2) is 0 Å². The largest absolute Gasteiger partial charge is 0.437 e. The molecule has 28 heavy (non-hydrogen) atoms. The lowest BCUT2D eigenvalue weighted by molar-refractivity contribution is -0.324. The van der Waals surface area contributed by atoms with Crippen LogP contribution in [0.25, 0.3) is 0 Å². The summed E-state index contributed by atoms with van der Waals surface area (Å²) in [6.07, 6.45) is -5.12. The van der Waals surface area contributed by atoms with Gasteiger partial charge in [0.2, 0.25) is 0 Å². The number of rotatable bonds is 3. The number of alkyl halides is 3. The molecular formula is C20H19F3N2O2S. The summed E-state index contributed by atoms with van der Waals surface area (Å²) in [6, 6.07) is 14.9. The fourth-order valence-electron chi connectivity index (χ4n) is 3.69. The van der Waals surface area contributed by atoms with Crippen LogP contribution in [0.2, 0.25) is 0 Å². The van der Waals surface area contributed by atoms with Crippen LogP contribution >= 0.6 is 12.2 Å². The summed E-state index contributed by atoms with van der Waals surface area (Å²) < 4.78 is 42.5. The van der Waals surface area contributed by atoms with Gasteiger partial charge in [0.25, 0.3) is 5.72 Å². The van der Waals surface area contributed by atoms with Crippen molar-refractivity contribution < 1.29 is 23.1 Å². The fourth-order valence-corrected chi connectivity index (χ4v) is 3.95. The molecule has 1 saturated heterocycles. The Morgan fingerprint density at radius 1 is 1.04 bits per heavy atom. The molecule has 8 heteroatoms. The Balaban J connectivity index is 2.26. The van der Waals surface area contributed by atoms with Crippen LogP contribution in [0.15, 0.2) is 60.7 Å². The lowest BCUT2D eigenvalue weighted by Crippen LogP contribution is -2.72. The van der Waals surface area contributed by atoms with Crippen molar-refractivity contribution in [2.45, 2.75) is 17.9 Å². The molecule has 0 bridgehead atoms. The number of aliphatic hydroxyl groups is 1. The molecule has 1 aliphatic rings. The summed E-state index contributed by atoms with van der Waals surface area (Å²) in [5, 5.41) is 10.8. The zero-order valence-corrected chi connectivity index (χ0v) is 16.0. The van der Waals surface area contributed by atoms with Gasteiger partial charge < -0.3 is 14.9 Å². The SMILES string of the molecule is CN1C(=S)N(C)[C@](O)(C(F)(F)F)[C@H](C(=O)c2ccccc2)[C@@H]1c1ccccc1. The summed E-state index contributed by atoms with van der Waals surface area (Å²) in [5.74, 6) is -2.66. The molecule has 0 unspecified atom stereocenters. The molecule has 0 spiro atoms. The van der Waals surface area contributed by atoms with E-state index in [0.29, 0.717) is 10.5 Å². The van der Waals surface area contributed by atoms with Crippen molar-refractivity contribution >= 4 is 23.1 Å². The number of carbonyl (C=O) groups is 1. The molecule has 0 amide bonds. The van der Waals surface area contributed by atoms with Crippen molar-refractivity contribution in [1.29, 1.82) is 0 Å². The van der Waals surface area contributed by atoms with Crippen molar-refractivity contribution in [3.63, 3.8) is 0 Å². The van der Waals surface area contributed by atoms with E-state index in [0.717, 1.165) is 7.05 Å². The first-order valence-electron chi connectivity index (χ1n) is 8.54. The third-order valence-electron chi connectivity index (χ3n) is 5.17. The topological polar surface area (TPSA) is 43.8 Å². The van der Waals surface area contributed by atoms with Gasteiger partial charge in [0, 0.05) is 19.7 Å². The van der Waals surface area contributed by atoms with Crippen LogP contribution in [0, 0.1) is 5.92 Å². The van der Waals surface area contributed by atoms with Gasteiger partial charge in [-0.2, -0.15) is 13.2 Å². The van der Waals surface area contributed by atoms with Gasteiger partial charge in [0.15, 0.2) is 10.9 Å². The number of Topliss-reactive ketones (excluding diaryl/α,β-unsaturated/α-hetero) is 1. The van der Waals surface area contributed by atoms with Gasteiger partial charge in [0.05, 0.1) is 6.04 Å². The van der Waals surface area contributed by atoms with Crippen molar-refractivity contribution in [2.24, 2.45) is 5.92 Å². The predicted octanol–water partition coefficient (Wildman–Crippen LogP) is 3.64. The number of benzene rings is 2. The number of hydrogen-bond acceptors (Lipinski definition) is 3. The summed E-state index contributed by atoms with van der Waals surface area (Å²) in [4.78, 5) is 15.3. The Hall–Kier alpha value is -2.45. The predicted molar refractivity (Wildman–Crippen MR) is 103 cm³/mol. The van der Waals surface area contributed by atoms with Crippen LogP contribution in [-0.2, 0) is 0 Å². The molecule has 1 fully saturated rings. The molecule has 0 radical (unpaired) electrons. The second-order valence-corrected chi connectivity index (χ2v) is 7.11. The van der Waals surface area contributed by atoms with E-state index in [1.807, 2.05) is 0 Å². The highest BCUT2D eigenvalue weighted by Crippen LogP contribution is 2.50. The van der Waals surface area contributed by atoms with Crippen LogP contribution in [-0.4, -0.2) is 51.8 Å². The van der Waals surface area contributed by atoms with Gasteiger partial charge in [-0.3, -0.25) is 4.79 Å². The summed E-state index contributed by atoms with van der Waals surface area (Å²) >= 11 is 5.18. The standard InChI is InChI=1S/C20H19F3N2O2S/c1-24-16(13-9-5-3-6-10-13)15(17(26)14-11-7-4-8-12-14)19(27,20(21,22)23)25(2)18(24)28/h3-12,15-16,27H,1-2H3/t15-,16-,19+/m0/s1. The first-order valence-corrected chi connectivity index (χ1v) is 8.95. The zero-order chi connectivity index (χ0) is 20.7. The molecule has 3 atom stereocenters. The quantitative estimate of drug-likeness (QED) is 0.621. The zero-order valence-electron chi connectivity index (χ0n) is 15.2. The number of ketones is 1. The van der Waals surface area contributed by atoms with Gasteiger partial charge in [-0.15, -0.1) is 0 Å². The third kappa shape index (κ3) is 3.06. The van der Waals surface area contributed by atoms with Gasteiger partial charge in [0.1, 0.15) is 5.92 Å². The third-order valence-corrected chi connectivity index (χ3v) is 5.73. The van der Waals surface area contributed by atoms with Crippen molar-refractivity contribution in [3.05, 3.63) is 71.8 Å². The minimum absolute atomic E-state index is 0.0886. The maximum Gasteiger partial charge on any atom is 0.437 e. The maximum absolute atomic E-state index is 14.2. The van der Waals surface area contributed by atoms with E-state index in [1.165, 1.54) is 24.1 Å². The summed E-state index contributed by atoms with van der Waals surface area (Å²) in [5.41, 5.74) is -2.91. The highest BCUT2D eigenvalue weighted by molar-refractivity contribution is 7.80. The maximum atomic E-state index is 14.2. The lowest BCUT2D eigenvalue weighted by atomic mass is 9.76. The fraction of sp³-hybridized carbons (Fsp3) is 0.300. The number of halogens is 3. The van der Waals surface area contributed by atoms with Crippen molar-refractivity contribution in [3.8, 4) is 0 Å². The van der Waals surface area contributed by atoms with E-state index < -0.39 is 29.6 Å². The van der Waals surface area contributed by atoms with E-state index in [-0.39, 0.29) is 10.7 Å². The van der Waals surface area contributed by atoms with Gasteiger partial charge >= 0.3 is 6.18 Å². The minimum atomic E-state index is -5.12. The number of hydrogen-bond donors (Lipinski definition) is 1. The van der Waals surface area contributed by atoms with E-state index in [1.54, 1.807) is 48.5 Å². The number of nitrogens with zero attached hydrogens (tertiary/aromatic N) is 2. The average Bonchev–Trinajstić information content (AvgIpc) is 2.69. The first-order chi connectivity index (χ1) is 13.1. The van der Waals surface area contributed by atoms with Crippen molar-refractivity contribution in [1.82, 2.24) is 9.80 Å². The summed E-state index contributed by atoms with van der Waals surface area (Å²) in [6.45, 7) is 0. The minimum Gasteiger partial charge on any atom is -0.363 e. The van der Waals surface area contributed by atoms with Crippen LogP contribution in [0.5, 0.6) is 0 Å². The summed E-state index contributed by atoms with van der Waals surface area (Å²) in [7, 11) is 2.58.